The van der Waals surface area contributed by atoms with Gasteiger partial charge in [0.2, 0.25) is 0 Å². The summed E-state index contributed by atoms with van der Waals surface area (Å²) in [7, 11) is -3.95. The van der Waals surface area contributed by atoms with E-state index in [1.54, 1.807) is 11.4 Å². The molecule has 0 saturated heterocycles. The van der Waals surface area contributed by atoms with Gasteiger partial charge in [0.05, 0.1) is 11.3 Å². The number of rotatable bonds is 4. The zero-order valence-corrected chi connectivity index (χ0v) is 15.8. The van der Waals surface area contributed by atoms with Gasteiger partial charge in [-0.25, -0.2) is 17.2 Å². The summed E-state index contributed by atoms with van der Waals surface area (Å²) in [6, 6.07) is 4.79. The van der Waals surface area contributed by atoms with Gasteiger partial charge in [-0.15, -0.1) is 21.5 Å². The number of nitrogens with one attached hydrogen (secondary N) is 1. The van der Waals surface area contributed by atoms with Gasteiger partial charge < -0.3 is 4.57 Å². The number of thiophene rings is 1. The normalized spacial score (nSPS) is 14.6. The molecule has 6 nitrogen and oxygen atoms in total. The fourth-order valence-corrected chi connectivity index (χ4v) is 5.15. The Morgan fingerprint density at radius 2 is 1.96 bits per heavy atom. The summed E-state index contributed by atoms with van der Waals surface area (Å²) >= 11 is 1.01. The summed E-state index contributed by atoms with van der Waals surface area (Å²) in [5.41, 5.74) is -0.313. The first-order valence-corrected chi connectivity index (χ1v) is 10.8. The molecule has 0 bridgehead atoms. The molecular formula is C17H16F2N4O2S2. The predicted molar refractivity (Wildman–Crippen MR) is 98.1 cm³/mol. The minimum Gasteiger partial charge on any atom is -0.311 e. The Labute approximate surface area is 158 Å². The Hall–Kier alpha value is -2.33. The van der Waals surface area contributed by atoms with Gasteiger partial charge in [-0.05, 0) is 30.4 Å². The number of aryl methyl sites for hydroxylation is 1. The van der Waals surface area contributed by atoms with Gasteiger partial charge in [-0.2, -0.15) is 0 Å². The van der Waals surface area contributed by atoms with Crippen molar-refractivity contribution in [2.75, 3.05) is 4.72 Å². The number of nitrogens with zero attached hydrogens (tertiary/aromatic N) is 3. The summed E-state index contributed by atoms with van der Waals surface area (Å²) in [4.78, 5) is 0. The Balaban J connectivity index is 1.76. The van der Waals surface area contributed by atoms with Crippen LogP contribution in [-0.4, -0.2) is 23.2 Å². The minimum atomic E-state index is -3.95. The van der Waals surface area contributed by atoms with Crippen molar-refractivity contribution in [3.8, 4) is 11.4 Å². The van der Waals surface area contributed by atoms with Crippen LogP contribution >= 0.6 is 11.3 Å². The molecule has 27 heavy (non-hydrogen) atoms. The fraction of sp³-hybridized carbons (Fsp3) is 0.294. The van der Waals surface area contributed by atoms with Gasteiger partial charge >= 0.3 is 0 Å². The molecule has 10 heteroatoms. The van der Waals surface area contributed by atoms with Crippen LogP contribution in [-0.2, 0) is 23.0 Å². The minimum absolute atomic E-state index is 0.0147. The topological polar surface area (TPSA) is 76.9 Å². The van der Waals surface area contributed by atoms with Crippen LogP contribution in [0.3, 0.4) is 0 Å². The Morgan fingerprint density at radius 1 is 1.11 bits per heavy atom. The second-order valence-corrected chi connectivity index (χ2v) is 9.11. The third-order valence-electron chi connectivity index (χ3n) is 4.41. The monoisotopic (exact) mass is 410 g/mol. The summed E-state index contributed by atoms with van der Waals surface area (Å²) in [5.74, 6) is -0.772. The molecule has 3 heterocycles. The predicted octanol–water partition coefficient (Wildman–Crippen LogP) is 3.81. The van der Waals surface area contributed by atoms with E-state index in [4.69, 9.17) is 0 Å². The molecule has 1 N–H and O–H groups in total. The van der Waals surface area contributed by atoms with Crippen molar-refractivity contribution in [2.45, 2.75) is 36.4 Å². The van der Waals surface area contributed by atoms with E-state index < -0.39 is 21.7 Å². The molecule has 0 amide bonds. The number of sulfonamides is 1. The Kier molecular flexibility index (Phi) is 4.68. The van der Waals surface area contributed by atoms with Gasteiger partial charge in [0.25, 0.3) is 10.0 Å². The van der Waals surface area contributed by atoms with E-state index in [0.717, 1.165) is 48.9 Å². The molecule has 142 valence electrons. The third kappa shape index (κ3) is 3.46. The third-order valence-corrected chi connectivity index (χ3v) is 7.17. The molecule has 0 aliphatic carbocycles. The molecule has 1 aromatic carbocycles. The maximum absolute atomic E-state index is 14.5. The van der Waals surface area contributed by atoms with Crippen LogP contribution in [0.4, 0.5) is 14.5 Å². The number of hydrogen-bond donors (Lipinski definition) is 1. The summed E-state index contributed by atoms with van der Waals surface area (Å²) in [6.45, 7) is 0.644. The number of fused-ring (bicyclic) bond motifs is 1. The van der Waals surface area contributed by atoms with Crippen molar-refractivity contribution in [3.63, 3.8) is 0 Å². The van der Waals surface area contributed by atoms with Gasteiger partial charge in [0.1, 0.15) is 21.7 Å². The number of halogens is 2. The lowest BCUT2D eigenvalue weighted by atomic mass is 10.1. The van der Waals surface area contributed by atoms with Gasteiger partial charge in [0.15, 0.2) is 5.82 Å². The Bertz CT molecular complexity index is 1080. The van der Waals surface area contributed by atoms with Crippen LogP contribution in [0.2, 0.25) is 0 Å². The summed E-state index contributed by atoms with van der Waals surface area (Å²) in [6.07, 6.45) is 3.68. The van der Waals surface area contributed by atoms with E-state index in [1.807, 2.05) is 4.57 Å². The first-order chi connectivity index (χ1) is 13.0. The number of anilines is 1. The van der Waals surface area contributed by atoms with Crippen LogP contribution in [0.1, 0.15) is 25.1 Å². The van der Waals surface area contributed by atoms with E-state index in [1.165, 1.54) is 6.07 Å². The van der Waals surface area contributed by atoms with Crippen LogP contribution in [0.25, 0.3) is 11.4 Å². The maximum Gasteiger partial charge on any atom is 0.271 e. The molecule has 0 saturated carbocycles. The molecule has 4 rings (SSSR count). The highest BCUT2D eigenvalue weighted by Gasteiger charge is 2.23. The van der Waals surface area contributed by atoms with Crippen LogP contribution < -0.4 is 4.72 Å². The van der Waals surface area contributed by atoms with Crippen LogP contribution in [0.15, 0.2) is 33.9 Å². The van der Waals surface area contributed by atoms with Crippen molar-refractivity contribution in [2.24, 2.45) is 0 Å². The van der Waals surface area contributed by atoms with Gasteiger partial charge in [0, 0.05) is 19.0 Å². The summed E-state index contributed by atoms with van der Waals surface area (Å²) < 4.78 is 57.5. The lowest BCUT2D eigenvalue weighted by molar-refractivity contribution is 0.581. The number of aromatic nitrogens is 3. The molecule has 2 aromatic heterocycles. The lowest BCUT2D eigenvalue weighted by Crippen LogP contribution is -2.13. The molecule has 3 aromatic rings. The standard InChI is InChI=1S/C17H16F2N4O2S2/c18-12-10-13(19)14(22-27(24,25)16-6-4-8-26-16)9-11(12)17-21-20-15-5-2-1-3-7-23(15)17/h4,6,8-10,22H,1-3,5,7H2. The quantitative estimate of drug-likeness (QED) is 0.710. The van der Waals surface area contributed by atoms with Crippen molar-refractivity contribution in [3.05, 3.63) is 47.1 Å². The second kappa shape index (κ2) is 7.01. The SMILES string of the molecule is O=S(=O)(Nc1cc(-c2nnc3n2CCCCC3)c(F)cc1F)c1cccs1. The zero-order valence-electron chi connectivity index (χ0n) is 14.2. The van der Waals surface area contributed by atoms with E-state index in [9.17, 15) is 17.2 Å². The first-order valence-electron chi connectivity index (χ1n) is 8.43. The van der Waals surface area contributed by atoms with Crippen molar-refractivity contribution in [1.82, 2.24) is 14.8 Å². The average Bonchev–Trinajstić information content (AvgIpc) is 3.24. The zero-order chi connectivity index (χ0) is 19.0. The molecule has 0 spiro atoms. The van der Waals surface area contributed by atoms with E-state index in [-0.39, 0.29) is 21.3 Å². The highest BCUT2D eigenvalue weighted by molar-refractivity contribution is 7.94. The molecule has 1 aliphatic heterocycles. The summed E-state index contributed by atoms with van der Waals surface area (Å²) in [5, 5.41) is 9.78. The average molecular weight is 410 g/mol. The fourth-order valence-electron chi connectivity index (χ4n) is 3.09. The second-order valence-electron chi connectivity index (χ2n) is 6.25. The lowest BCUT2D eigenvalue weighted by Gasteiger charge is -2.12. The molecular weight excluding hydrogens is 394 g/mol. The first kappa shape index (κ1) is 18.1. The molecule has 0 atom stereocenters. The van der Waals surface area contributed by atoms with Crippen LogP contribution in [0, 0.1) is 11.6 Å². The maximum atomic E-state index is 14.5. The van der Waals surface area contributed by atoms with Crippen molar-refractivity contribution in [1.29, 1.82) is 0 Å². The van der Waals surface area contributed by atoms with Gasteiger partial charge in [-0.1, -0.05) is 12.5 Å². The number of benzene rings is 1. The van der Waals surface area contributed by atoms with Crippen molar-refractivity contribution < 1.29 is 17.2 Å². The van der Waals surface area contributed by atoms with E-state index >= 15 is 0 Å². The highest BCUT2D eigenvalue weighted by Crippen LogP contribution is 2.31. The van der Waals surface area contributed by atoms with Gasteiger partial charge in [-0.3, -0.25) is 4.72 Å². The smallest absolute Gasteiger partial charge is 0.271 e. The van der Waals surface area contributed by atoms with Crippen LogP contribution in [0.5, 0.6) is 0 Å². The van der Waals surface area contributed by atoms with Crippen molar-refractivity contribution >= 4 is 27.0 Å². The Morgan fingerprint density at radius 3 is 2.74 bits per heavy atom. The largest absolute Gasteiger partial charge is 0.311 e. The molecule has 0 radical (unpaired) electrons. The molecule has 1 aliphatic rings. The van der Waals surface area contributed by atoms with E-state index in [0.29, 0.717) is 12.6 Å². The van der Waals surface area contributed by atoms with E-state index in [2.05, 4.69) is 14.9 Å². The molecule has 0 fully saturated rings. The highest BCUT2D eigenvalue weighted by atomic mass is 32.2. The molecule has 0 unspecified atom stereocenters. The number of hydrogen-bond acceptors (Lipinski definition) is 5.